The van der Waals surface area contributed by atoms with E-state index in [-0.39, 0.29) is 0 Å². The first-order valence-corrected chi connectivity index (χ1v) is 4.67. The third-order valence-corrected chi connectivity index (χ3v) is 2.13. The number of rotatable bonds is 1. The minimum absolute atomic E-state index is 0.685. The molecule has 0 aliphatic carbocycles. The maximum atomic E-state index is 5.18. The maximum absolute atomic E-state index is 5.18. The fourth-order valence-corrected chi connectivity index (χ4v) is 2.14. The minimum Gasteiger partial charge on any atom is -0.143 e. The summed E-state index contributed by atoms with van der Waals surface area (Å²) in [5.41, 5.74) is 1.16. The van der Waals surface area contributed by atoms with Gasteiger partial charge in [-0.15, -0.1) is 25.0 Å². The molecule has 0 saturated carbocycles. The first-order valence-electron chi connectivity index (χ1n) is 3.14. The zero-order valence-electron chi connectivity index (χ0n) is 5.84. The molecule has 0 radical (unpaired) electrons. The molecule has 0 nitrogen and oxygen atoms in total. The maximum Gasteiger partial charge on any atom is 0.0338 e. The molecule has 0 atom stereocenters. The van der Waals surface area contributed by atoms with Crippen molar-refractivity contribution in [3.8, 4) is 12.3 Å². The zero-order chi connectivity index (χ0) is 8.27. The standard InChI is InChI=1S/C9H7IS/c1-2-3-7-4-8(10)6-9(11)5-7/h1,4-6,11H,3H2. The molecule has 0 amide bonds. The highest BCUT2D eigenvalue weighted by atomic mass is 127. The van der Waals surface area contributed by atoms with Gasteiger partial charge in [0.15, 0.2) is 0 Å². The van der Waals surface area contributed by atoms with E-state index < -0.39 is 0 Å². The van der Waals surface area contributed by atoms with Gasteiger partial charge in [-0.05, 0) is 46.4 Å². The molecule has 0 spiro atoms. The highest BCUT2D eigenvalue weighted by molar-refractivity contribution is 14.1. The van der Waals surface area contributed by atoms with E-state index in [2.05, 4.69) is 47.2 Å². The normalized spacial score (nSPS) is 9.18. The zero-order valence-corrected chi connectivity index (χ0v) is 8.89. The van der Waals surface area contributed by atoms with Gasteiger partial charge in [0.2, 0.25) is 0 Å². The Kier molecular flexibility index (Phi) is 3.28. The predicted octanol–water partition coefficient (Wildman–Crippen LogP) is 2.76. The molecule has 0 heterocycles. The van der Waals surface area contributed by atoms with Gasteiger partial charge >= 0.3 is 0 Å². The van der Waals surface area contributed by atoms with Gasteiger partial charge in [-0.2, -0.15) is 0 Å². The van der Waals surface area contributed by atoms with E-state index in [1.807, 2.05) is 12.1 Å². The molecule has 0 N–H and O–H groups in total. The molecule has 0 aliphatic heterocycles. The van der Waals surface area contributed by atoms with Crippen LogP contribution in [0.4, 0.5) is 0 Å². The number of halogens is 1. The summed E-state index contributed by atoms with van der Waals surface area (Å²) in [5.74, 6) is 2.60. The highest BCUT2D eigenvalue weighted by Crippen LogP contribution is 2.15. The largest absolute Gasteiger partial charge is 0.143 e. The smallest absolute Gasteiger partial charge is 0.0338 e. The van der Waals surface area contributed by atoms with Crippen molar-refractivity contribution in [2.45, 2.75) is 11.3 Å². The third-order valence-electron chi connectivity index (χ3n) is 1.25. The van der Waals surface area contributed by atoms with Crippen molar-refractivity contribution in [2.75, 3.05) is 0 Å². The van der Waals surface area contributed by atoms with Crippen molar-refractivity contribution in [1.29, 1.82) is 0 Å². The second-order valence-corrected chi connectivity index (χ2v) is 3.96. The van der Waals surface area contributed by atoms with E-state index in [9.17, 15) is 0 Å². The van der Waals surface area contributed by atoms with E-state index in [0.29, 0.717) is 6.42 Å². The molecule has 1 rings (SSSR count). The van der Waals surface area contributed by atoms with Crippen LogP contribution in [0, 0.1) is 15.9 Å². The van der Waals surface area contributed by atoms with Crippen molar-refractivity contribution >= 4 is 35.2 Å². The summed E-state index contributed by atoms with van der Waals surface area (Å²) in [6, 6.07) is 6.06. The summed E-state index contributed by atoms with van der Waals surface area (Å²) in [7, 11) is 0. The number of hydrogen-bond acceptors (Lipinski definition) is 1. The van der Waals surface area contributed by atoms with Gasteiger partial charge in [0.05, 0.1) is 0 Å². The van der Waals surface area contributed by atoms with Crippen LogP contribution in [-0.4, -0.2) is 0 Å². The van der Waals surface area contributed by atoms with Gasteiger partial charge in [-0.3, -0.25) is 0 Å². The Bertz CT molecular complexity index is 279. The average Bonchev–Trinajstić information content (AvgIpc) is 1.85. The van der Waals surface area contributed by atoms with E-state index in [4.69, 9.17) is 6.42 Å². The lowest BCUT2D eigenvalue weighted by atomic mass is 10.2. The van der Waals surface area contributed by atoms with Crippen LogP contribution in [-0.2, 0) is 6.42 Å². The molecular formula is C9H7IS. The second-order valence-electron chi connectivity index (χ2n) is 2.20. The lowest BCUT2D eigenvalue weighted by Gasteiger charge is -1.98. The molecule has 0 fully saturated rings. The lowest BCUT2D eigenvalue weighted by Crippen LogP contribution is -1.82. The molecule has 56 valence electrons. The second kappa shape index (κ2) is 4.03. The van der Waals surface area contributed by atoms with Crippen molar-refractivity contribution in [3.63, 3.8) is 0 Å². The number of terminal acetylenes is 1. The van der Waals surface area contributed by atoms with Crippen molar-refractivity contribution in [1.82, 2.24) is 0 Å². The summed E-state index contributed by atoms with van der Waals surface area (Å²) in [6.45, 7) is 0. The Morgan fingerprint density at radius 1 is 1.45 bits per heavy atom. The number of hydrogen-bond donors (Lipinski definition) is 1. The van der Waals surface area contributed by atoms with Gasteiger partial charge in [0.1, 0.15) is 0 Å². The molecule has 1 aromatic carbocycles. The van der Waals surface area contributed by atoms with Crippen LogP contribution in [0.1, 0.15) is 5.56 Å². The summed E-state index contributed by atoms with van der Waals surface area (Å²) >= 11 is 6.50. The lowest BCUT2D eigenvalue weighted by molar-refractivity contribution is 1.26. The van der Waals surface area contributed by atoms with Crippen molar-refractivity contribution < 1.29 is 0 Å². The Labute approximate surface area is 85.9 Å². The molecular weight excluding hydrogens is 267 g/mol. The first-order chi connectivity index (χ1) is 5.22. The predicted molar refractivity (Wildman–Crippen MR) is 58.9 cm³/mol. The summed E-state index contributed by atoms with van der Waals surface area (Å²) in [5, 5.41) is 0. The van der Waals surface area contributed by atoms with E-state index >= 15 is 0 Å². The Hall–Kier alpha value is -0.140. The topological polar surface area (TPSA) is 0 Å². The molecule has 0 saturated heterocycles. The van der Waals surface area contributed by atoms with Crippen LogP contribution in [0.15, 0.2) is 23.1 Å². The molecule has 0 bridgehead atoms. The molecule has 11 heavy (non-hydrogen) atoms. The Morgan fingerprint density at radius 2 is 2.18 bits per heavy atom. The van der Waals surface area contributed by atoms with Gasteiger partial charge in [-0.25, -0.2) is 0 Å². The Balaban J connectivity index is 3.01. The molecule has 0 unspecified atom stereocenters. The van der Waals surface area contributed by atoms with Gasteiger partial charge in [0.25, 0.3) is 0 Å². The summed E-state index contributed by atoms with van der Waals surface area (Å²) in [4.78, 5) is 0.974. The van der Waals surface area contributed by atoms with Crippen LogP contribution < -0.4 is 0 Å². The number of thiol groups is 1. The quantitative estimate of drug-likeness (QED) is 0.454. The van der Waals surface area contributed by atoms with Crippen molar-refractivity contribution in [2.24, 2.45) is 0 Å². The Morgan fingerprint density at radius 3 is 2.73 bits per heavy atom. The fraction of sp³-hybridized carbons (Fsp3) is 0.111. The third kappa shape index (κ3) is 2.76. The molecule has 0 aromatic heterocycles. The van der Waals surface area contributed by atoms with Crippen molar-refractivity contribution in [3.05, 3.63) is 27.3 Å². The molecule has 2 heteroatoms. The van der Waals surface area contributed by atoms with Gasteiger partial charge < -0.3 is 0 Å². The minimum atomic E-state index is 0.685. The van der Waals surface area contributed by atoms with E-state index in [0.717, 1.165) is 10.5 Å². The highest BCUT2D eigenvalue weighted by Gasteiger charge is 1.94. The van der Waals surface area contributed by atoms with E-state index in [1.54, 1.807) is 0 Å². The average molecular weight is 274 g/mol. The first kappa shape index (κ1) is 8.95. The molecule has 1 aromatic rings. The van der Waals surface area contributed by atoms with Crippen LogP contribution >= 0.6 is 35.2 Å². The van der Waals surface area contributed by atoms with Gasteiger partial charge in [-0.1, -0.05) is 0 Å². The number of benzene rings is 1. The summed E-state index contributed by atoms with van der Waals surface area (Å²) in [6.07, 6.45) is 5.87. The monoisotopic (exact) mass is 274 g/mol. The van der Waals surface area contributed by atoms with Crippen LogP contribution in [0.3, 0.4) is 0 Å². The van der Waals surface area contributed by atoms with E-state index in [1.165, 1.54) is 3.57 Å². The fourth-order valence-electron chi connectivity index (χ4n) is 0.853. The summed E-state index contributed by atoms with van der Waals surface area (Å²) < 4.78 is 1.18. The van der Waals surface area contributed by atoms with Crippen LogP contribution in [0.25, 0.3) is 0 Å². The van der Waals surface area contributed by atoms with Crippen LogP contribution in [0.2, 0.25) is 0 Å². The van der Waals surface area contributed by atoms with Gasteiger partial charge in [0, 0.05) is 14.9 Å². The molecule has 0 aliphatic rings. The van der Waals surface area contributed by atoms with Crippen LogP contribution in [0.5, 0.6) is 0 Å². The SMILES string of the molecule is C#CCc1cc(S)cc(I)c1.